The van der Waals surface area contributed by atoms with Crippen LogP contribution in [0, 0.1) is 0 Å². The highest BCUT2D eigenvalue weighted by molar-refractivity contribution is 7.80. The van der Waals surface area contributed by atoms with Crippen molar-refractivity contribution in [2.24, 2.45) is 0 Å². The first-order valence-electron chi connectivity index (χ1n) is 2.79. The predicted octanol–water partition coefficient (Wildman–Crippen LogP) is -1.11. The number of amides is 1. The Balaban J connectivity index is 2.81. The predicted molar refractivity (Wildman–Crippen MR) is 39.8 cm³/mol. The smallest absolute Gasteiger partial charge is 0.342 e. The zero-order valence-corrected chi connectivity index (χ0v) is 6.26. The van der Waals surface area contributed by atoms with Gasteiger partial charge in [-0.25, -0.2) is 4.79 Å². The molecular formula is C5H6N2O3S. The van der Waals surface area contributed by atoms with E-state index in [1.807, 2.05) is 0 Å². The Morgan fingerprint density at radius 3 is 2.82 bits per heavy atom. The van der Waals surface area contributed by atoms with Crippen molar-refractivity contribution in [3.8, 4) is 0 Å². The van der Waals surface area contributed by atoms with Gasteiger partial charge in [0, 0.05) is 6.20 Å². The summed E-state index contributed by atoms with van der Waals surface area (Å²) in [5.41, 5.74) is -0.819. The number of hydrogen-bond donors (Lipinski definition) is 4. The fourth-order valence-electron chi connectivity index (χ4n) is 0.630. The summed E-state index contributed by atoms with van der Waals surface area (Å²) in [5, 5.41) is 13.2. The van der Waals surface area contributed by atoms with Crippen molar-refractivity contribution < 1.29 is 14.7 Å². The summed E-state index contributed by atoms with van der Waals surface area (Å²) in [6.45, 7) is 0. The summed E-state index contributed by atoms with van der Waals surface area (Å²) in [6, 6.07) is 0. The van der Waals surface area contributed by atoms with Crippen LogP contribution in [0.3, 0.4) is 0 Å². The van der Waals surface area contributed by atoms with Gasteiger partial charge in [-0.1, -0.05) is 0 Å². The molecule has 1 aliphatic heterocycles. The molecule has 3 N–H and O–H groups in total. The molecule has 60 valence electrons. The minimum atomic E-state index is -1.25. The van der Waals surface area contributed by atoms with E-state index >= 15 is 0 Å². The molecule has 0 radical (unpaired) electrons. The number of thiol groups is 1. The Hall–Kier alpha value is -1.17. The van der Waals surface area contributed by atoms with E-state index in [0.717, 1.165) is 6.20 Å². The lowest BCUT2D eigenvalue weighted by Crippen LogP contribution is -2.45. The Morgan fingerprint density at radius 2 is 2.36 bits per heavy atom. The number of rotatable bonds is 1. The van der Waals surface area contributed by atoms with Crippen LogP contribution in [-0.4, -0.2) is 22.5 Å². The standard InChI is InChI=1S/C5H6N2O3S/c8-3-2(4(9)10)1-6-5(11)7-3/h1,5-6,11H,(H,7,8)(H,9,10). The lowest BCUT2D eigenvalue weighted by atomic mass is 10.2. The highest BCUT2D eigenvalue weighted by Crippen LogP contribution is 2.01. The van der Waals surface area contributed by atoms with E-state index in [1.54, 1.807) is 0 Å². The Labute approximate surface area is 67.9 Å². The van der Waals surface area contributed by atoms with E-state index in [-0.39, 0.29) is 5.57 Å². The Kier molecular flexibility index (Phi) is 2.04. The van der Waals surface area contributed by atoms with Crippen LogP contribution in [0.15, 0.2) is 11.8 Å². The molecular weight excluding hydrogens is 168 g/mol. The maximum atomic E-state index is 10.8. The van der Waals surface area contributed by atoms with E-state index in [2.05, 4.69) is 23.3 Å². The average molecular weight is 174 g/mol. The molecule has 1 atom stereocenters. The largest absolute Gasteiger partial charge is 0.477 e. The van der Waals surface area contributed by atoms with Gasteiger partial charge in [0.15, 0.2) is 0 Å². The van der Waals surface area contributed by atoms with Crippen molar-refractivity contribution in [1.82, 2.24) is 10.6 Å². The van der Waals surface area contributed by atoms with Crippen LogP contribution in [-0.2, 0) is 9.59 Å². The lowest BCUT2D eigenvalue weighted by Gasteiger charge is -2.18. The molecule has 0 aromatic heterocycles. The number of carbonyl (C=O) groups excluding carboxylic acids is 1. The minimum Gasteiger partial charge on any atom is -0.477 e. The number of nitrogens with one attached hydrogen (secondary N) is 2. The molecule has 1 heterocycles. The molecule has 6 heteroatoms. The number of carbonyl (C=O) groups is 2. The van der Waals surface area contributed by atoms with Gasteiger partial charge in [0.1, 0.15) is 11.1 Å². The molecule has 1 aliphatic rings. The van der Waals surface area contributed by atoms with Crippen molar-refractivity contribution in [3.05, 3.63) is 11.8 Å². The van der Waals surface area contributed by atoms with Gasteiger partial charge in [-0.3, -0.25) is 4.79 Å². The van der Waals surface area contributed by atoms with Crippen molar-refractivity contribution in [3.63, 3.8) is 0 Å². The molecule has 1 amide bonds. The van der Waals surface area contributed by atoms with E-state index in [4.69, 9.17) is 5.11 Å². The van der Waals surface area contributed by atoms with Crippen molar-refractivity contribution in [2.75, 3.05) is 0 Å². The van der Waals surface area contributed by atoms with E-state index in [0.29, 0.717) is 0 Å². The van der Waals surface area contributed by atoms with Crippen LogP contribution in [0.2, 0.25) is 0 Å². The quantitative estimate of drug-likeness (QED) is 0.300. The molecule has 0 aliphatic carbocycles. The monoisotopic (exact) mass is 174 g/mol. The first kappa shape index (κ1) is 7.93. The van der Waals surface area contributed by atoms with E-state index in [1.165, 1.54) is 0 Å². The molecule has 1 unspecified atom stereocenters. The zero-order chi connectivity index (χ0) is 8.43. The molecule has 0 spiro atoms. The van der Waals surface area contributed by atoms with Gasteiger partial charge in [-0.05, 0) is 0 Å². The van der Waals surface area contributed by atoms with Gasteiger partial charge in [0.2, 0.25) is 0 Å². The Bertz CT molecular complexity index is 238. The molecule has 0 fully saturated rings. The van der Waals surface area contributed by atoms with E-state index in [9.17, 15) is 9.59 Å². The molecule has 0 saturated carbocycles. The van der Waals surface area contributed by atoms with Crippen molar-refractivity contribution in [2.45, 2.75) is 5.50 Å². The number of carboxylic acid groups (broad SMARTS) is 1. The first-order chi connectivity index (χ1) is 5.11. The maximum Gasteiger partial charge on any atom is 0.342 e. The van der Waals surface area contributed by atoms with Crippen LogP contribution in [0.1, 0.15) is 0 Å². The summed E-state index contributed by atoms with van der Waals surface area (Å²) in [4.78, 5) is 21.1. The van der Waals surface area contributed by atoms with E-state index < -0.39 is 17.4 Å². The molecule has 0 aromatic carbocycles. The second-order valence-electron chi connectivity index (χ2n) is 1.91. The van der Waals surface area contributed by atoms with Gasteiger partial charge < -0.3 is 15.7 Å². The van der Waals surface area contributed by atoms with Crippen LogP contribution in [0.4, 0.5) is 0 Å². The summed E-state index contributed by atoms with van der Waals surface area (Å²) in [7, 11) is 0. The third-order valence-electron chi connectivity index (χ3n) is 1.13. The third-order valence-corrected chi connectivity index (χ3v) is 1.41. The summed E-state index contributed by atoms with van der Waals surface area (Å²) < 4.78 is 0. The third kappa shape index (κ3) is 1.64. The Morgan fingerprint density at radius 1 is 1.73 bits per heavy atom. The fourth-order valence-corrected chi connectivity index (χ4v) is 0.822. The SMILES string of the molecule is O=C(O)C1=CNC(S)NC1=O. The normalized spacial score (nSPS) is 23.2. The molecule has 0 bridgehead atoms. The van der Waals surface area contributed by atoms with Gasteiger partial charge >= 0.3 is 5.97 Å². The number of carboxylic acids is 1. The molecule has 1 rings (SSSR count). The fraction of sp³-hybridized carbons (Fsp3) is 0.200. The van der Waals surface area contributed by atoms with Crippen LogP contribution >= 0.6 is 12.6 Å². The molecule has 11 heavy (non-hydrogen) atoms. The molecule has 0 aromatic rings. The summed E-state index contributed by atoms with van der Waals surface area (Å²) in [5.74, 6) is -1.88. The summed E-state index contributed by atoms with van der Waals surface area (Å²) >= 11 is 3.85. The van der Waals surface area contributed by atoms with Gasteiger partial charge in [-0.15, -0.1) is 12.6 Å². The minimum absolute atomic E-state index is 0.310. The van der Waals surface area contributed by atoms with Crippen LogP contribution < -0.4 is 10.6 Å². The summed E-state index contributed by atoms with van der Waals surface area (Å²) in [6.07, 6.45) is 1.12. The highest BCUT2D eigenvalue weighted by Gasteiger charge is 2.22. The second kappa shape index (κ2) is 2.83. The first-order valence-corrected chi connectivity index (χ1v) is 3.31. The van der Waals surface area contributed by atoms with Crippen LogP contribution in [0.25, 0.3) is 0 Å². The van der Waals surface area contributed by atoms with Crippen molar-refractivity contribution >= 4 is 24.5 Å². The van der Waals surface area contributed by atoms with Crippen molar-refractivity contribution in [1.29, 1.82) is 0 Å². The highest BCUT2D eigenvalue weighted by atomic mass is 32.1. The second-order valence-corrected chi connectivity index (χ2v) is 2.42. The topological polar surface area (TPSA) is 78.4 Å². The van der Waals surface area contributed by atoms with Gasteiger partial charge in [0.25, 0.3) is 5.91 Å². The molecule has 5 nitrogen and oxygen atoms in total. The average Bonchev–Trinajstić information content (AvgIpc) is 1.85. The van der Waals surface area contributed by atoms with Gasteiger partial charge in [-0.2, -0.15) is 0 Å². The zero-order valence-electron chi connectivity index (χ0n) is 5.37. The maximum absolute atomic E-state index is 10.8. The van der Waals surface area contributed by atoms with Gasteiger partial charge in [0.05, 0.1) is 0 Å². The number of hydrogen-bond acceptors (Lipinski definition) is 4. The molecule has 0 saturated heterocycles. The van der Waals surface area contributed by atoms with Crippen LogP contribution in [0.5, 0.6) is 0 Å². The lowest BCUT2D eigenvalue weighted by molar-refractivity contribution is -0.135. The number of aliphatic carboxylic acids is 1.